The van der Waals surface area contributed by atoms with Gasteiger partial charge in [-0.3, -0.25) is 0 Å². The zero-order valence-electron chi connectivity index (χ0n) is 8.67. The minimum Gasteiger partial charge on any atom is -0.464 e. The molecule has 0 N–H and O–H groups in total. The maximum Gasteiger partial charge on any atom is 0.332 e. The molecule has 0 aliphatic heterocycles. The van der Waals surface area contributed by atoms with E-state index in [1.807, 2.05) is 0 Å². The van der Waals surface area contributed by atoms with Gasteiger partial charge in [-0.2, -0.15) is 0 Å². The Labute approximate surface area is 80.4 Å². The molecule has 0 aromatic carbocycles. The fourth-order valence-electron chi connectivity index (χ4n) is 0.774. The monoisotopic (exact) mass is 190 g/mol. The Balaban J connectivity index is 3.11. The fraction of sp³-hybridized carbons (Fsp3) is 0.900. The van der Waals surface area contributed by atoms with E-state index in [1.165, 1.54) is 0 Å². The molecule has 0 rings (SSSR count). The van der Waals surface area contributed by atoms with Gasteiger partial charge in [0.1, 0.15) is 6.61 Å². The molecule has 0 bridgehead atoms. The van der Waals surface area contributed by atoms with Crippen LogP contribution < -0.4 is 0 Å². The largest absolute Gasteiger partial charge is 0.464 e. The summed E-state index contributed by atoms with van der Waals surface area (Å²) in [5.41, 5.74) is 0. The zero-order valence-corrected chi connectivity index (χ0v) is 8.67. The number of hydrogen-bond acceptors (Lipinski definition) is 3. The standard InChI is InChI=1S/C10H20O3/c1-3-5-7-12-9-10(11)13-8-6-4-2/h3-9H2,1-2H3/i9+1,10+1. The van der Waals surface area contributed by atoms with Crippen molar-refractivity contribution in [3.63, 3.8) is 0 Å². The van der Waals surface area contributed by atoms with Crippen LogP contribution in [0.2, 0.25) is 0 Å². The van der Waals surface area contributed by atoms with Crippen molar-refractivity contribution in [2.24, 2.45) is 0 Å². The molecular formula is C10H20O3. The molecule has 0 saturated heterocycles. The Morgan fingerprint density at radius 2 is 1.69 bits per heavy atom. The number of rotatable bonds is 8. The fourth-order valence-corrected chi connectivity index (χ4v) is 0.774. The first-order chi connectivity index (χ1) is 6.31. The molecule has 0 unspecified atom stereocenters. The number of unbranched alkanes of at least 4 members (excludes halogenated alkanes) is 2. The average Bonchev–Trinajstić information content (AvgIpc) is 2.13. The molecule has 78 valence electrons. The van der Waals surface area contributed by atoms with E-state index < -0.39 is 0 Å². The maximum atomic E-state index is 10.9. The van der Waals surface area contributed by atoms with E-state index in [0.29, 0.717) is 13.2 Å². The van der Waals surface area contributed by atoms with Gasteiger partial charge in [0.05, 0.1) is 6.61 Å². The van der Waals surface area contributed by atoms with Crippen LogP contribution >= 0.6 is 0 Å². The number of hydrogen-bond donors (Lipinski definition) is 0. The second-order valence-corrected chi connectivity index (χ2v) is 2.98. The third kappa shape index (κ3) is 9.34. The molecule has 0 aromatic rings. The zero-order chi connectivity index (χ0) is 9.94. The summed E-state index contributed by atoms with van der Waals surface area (Å²) in [6.07, 6.45) is 4.07. The van der Waals surface area contributed by atoms with Crippen LogP contribution in [0, 0.1) is 0 Å². The van der Waals surface area contributed by atoms with Crippen molar-refractivity contribution in [2.75, 3.05) is 19.8 Å². The third-order valence-electron chi connectivity index (χ3n) is 1.62. The van der Waals surface area contributed by atoms with Crippen LogP contribution in [0.25, 0.3) is 0 Å². The third-order valence-corrected chi connectivity index (χ3v) is 1.62. The average molecular weight is 190 g/mol. The second-order valence-electron chi connectivity index (χ2n) is 2.98. The number of ether oxygens (including phenoxy) is 2. The van der Waals surface area contributed by atoms with Gasteiger partial charge in [0.25, 0.3) is 0 Å². The van der Waals surface area contributed by atoms with Crippen molar-refractivity contribution >= 4 is 5.97 Å². The van der Waals surface area contributed by atoms with Crippen molar-refractivity contribution in [3.8, 4) is 0 Å². The van der Waals surface area contributed by atoms with Gasteiger partial charge in [0.2, 0.25) is 0 Å². The molecule has 0 aromatic heterocycles. The van der Waals surface area contributed by atoms with Crippen LogP contribution in [0.3, 0.4) is 0 Å². The summed E-state index contributed by atoms with van der Waals surface area (Å²) in [6, 6.07) is 0. The number of esters is 1. The molecule has 13 heavy (non-hydrogen) atoms. The van der Waals surface area contributed by atoms with Gasteiger partial charge in [-0.15, -0.1) is 0 Å². The van der Waals surface area contributed by atoms with Gasteiger partial charge >= 0.3 is 5.97 Å². The lowest BCUT2D eigenvalue weighted by atomic mass is 10.4. The van der Waals surface area contributed by atoms with Crippen LogP contribution in [0.1, 0.15) is 39.5 Å². The molecule has 0 aliphatic carbocycles. The van der Waals surface area contributed by atoms with E-state index in [-0.39, 0.29) is 12.6 Å². The van der Waals surface area contributed by atoms with E-state index in [4.69, 9.17) is 9.47 Å². The van der Waals surface area contributed by atoms with E-state index in [0.717, 1.165) is 25.7 Å². The summed E-state index contributed by atoms with van der Waals surface area (Å²) in [7, 11) is 0. The lowest BCUT2D eigenvalue weighted by Gasteiger charge is -2.04. The van der Waals surface area contributed by atoms with Gasteiger partial charge < -0.3 is 9.47 Å². The highest BCUT2D eigenvalue weighted by Crippen LogP contribution is 1.91. The minimum absolute atomic E-state index is 0.101. The summed E-state index contributed by atoms with van der Waals surface area (Å²) < 4.78 is 9.99. The first-order valence-corrected chi connectivity index (χ1v) is 5.04. The van der Waals surface area contributed by atoms with E-state index in [2.05, 4.69) is 13.8 Å². The van der Waals surface area contributed by atoms with E-state index >= 15 is 0 Å². The normalized spacial score (nSPS) is 10.0. The molecule has 0 spiro atoms. The number of carbonyl (C=O) groups excluding carboxylic acids is 1. The van der Waals surface area contributed by atoms with Crippen molar-refractivity contribution in [1.29, 1.82) is 0 Å². The highest BCUT2D eigenvalue weighted by atomic mass is 16.7. The van der Waals surface area contributed by atoms with Crippen molar-refractivity contribution in [2.45, 2.75) is 39.5 Å². The van der Waals surface area contributed by atoms with Crippen LogP contribution in [0.4, 0.5) is 0 Å². The Kier molecular flexibility index (Phi) is 9.10. The van der Waals surface area contributed by atoms with Crippen molar-refractivity contribution < 1.29 is 14.3 Å². The van der Waals surface area contributed by atoms with Crippen molar-refractivity contribution in [3.05, 3.63) is 0 Å². The van der Waals surface area contributed by atoms with E-state index in [9.17, 15) is 4.79 Å². The van der Waals surface area contributed by atoms with Gasteiger partial charge in [0.15, 0.2) is 0 Å². The summed E-state index contributed by atoms with van der Waals surface area (Å²) in [5.74, 6) is -0.246. The Morgan fingerprint density at radius 1 is 1.08 bits per heavy atom. The summed E-state index contributed by atoms with van der Waals surface area (Å²) in [5, 5.41) is 0. The van der Waals surface area contributed by atoms with Crippen molar-refractivity contribution in [1.82, 2.24) is 0 Å². The number of carbonyl (C=O) groups is 1. The lowest BCUT2D eigenvalue weighted by Crippen LogP contribution is -2.13. The predicted molar refractivity (Wildman–Crippen MR) is 51.6 cm³/mol. The minimum atomic E-state index is -0.246. The molecule has 3 heteroatoms. The predicted octanol–water partition coefficient (Wildman–Crippen LogP) is 2.15. The molecule has 0 atom stereocenters. The van der Waals surface area contributed by atoms with Crippen LogP contribution in [0.15, 0.2) is 0 Å². The lowest BCUT2D eigenvalue weighted by molar-refractivity contribution is -0.149. The highest BCUT2D eigenvalue weighted by molar-refractivity contribution is 5.70. The molecular weight excluding hydrogens is 170 g/mol. The van der Waals surface area contributed by atoms with Gasteiger partial charge in [0, 0.05) is 6.61 Å². The Morgan fingerprint density at radius 3 is 2.31 bits per heavy atom. The molecule has 0 amide bonds. The summed E-state index contributed by atoms with van der Waals surface area (Å²) in [4.78, 5) is 10.9. The molecule has 3 nitrogen and oxygen atoms in total. The molecule has 0 fully saturated rings. The first kappa shape index (κ1) is 12.4. The van der Waals surface area contributed by atoms with Crippen LogP contribution in [-0.2, 0) is 14.3 Å². The van der Waals surface area contributed by atoms with Gasteiger partial charge in [-0.05, 0) is 12.8 Å². The molecule has 0 aliphatic rings. The van der Waals surface area contributed by atoms with Crippen LogP contribution in [-0.4, -0.2) is 25.8 Å². The molecule has 0 radical (unpaired) electrons. The summed E-state index contributed by atoms with van der Waals surface area (Å²) >= 11 is 0. The van der Waals surface area contributed by atoms with E-state index in [1.54, 1.807) is 0 Å². The SMILES string of the molecule is CCCCO[13CH2][13C](=O)OCCCC. The quantitative estimate of drug-likeness (QED) is 0.334. The summed E-state index contributed by atoms with van der Waals surface area (Å²) in [6.45, 7) is 5.42. The Hall–Kier alpha value is -0.570. The Bertz CT molecular complexity index is 123. The van der Waals surface area contributed by atoms with Crippen LogP contribution in [0.5, 0.6) is 0 Å². The maximum absolute atomic E-state index is 10.9. The van der Waals surface area contributed by atoms with Gasteiger partial charge in [-0.25, -0.2) is 4.79 Å². The topological polar surface area (TPSA) is 35.5 Å². The molecule has 0 heterocycles. The smallest absolute Gasteiger partial charge is 0.332 e. The second kappa shape index (κ2) is 9.52. The molecule has 0 saturated carbocycles. The first-order valence-electron chi connectivity index (χ1n) is 5.04. The van der Waals surface area contributed by atoms with Gasteiger partial charge in [-0.1, -0.05) is 26.7 Å². The highest BCUT2D eigenvalue weighted by Gasteiger charge is 2.00.